The molecule has 0 saturated carbocycles. The Balaban J connectivity index is 1.71. The maximum absolute atomic E-state index is 12.1. The number of fused-ring (bicyclic) bond motifs is 1. The van der Waals surface area contributed by atoms with Crippen LogP contribution in [0.15, 0.2) is 22.9 Å². The zero-order valence-corrected chi connectivity index (χ0v) is 13.8. The van der Waals surface area contributed by atoms with Gasteiger partial charge in [-0.1, -0.05) is 0 Å². The van der Waals surface area contributed by atoms with E-state index in [0.717, 1.165) is 16.7 Å². The third kappa shape index (κ3) is 2.74. The van der Waals surface area contributed by atoms with E-state index in [9.17, 15) is 4.79 Å². The van der Waals surface area contributed by atoms with Gasteiger partial charge < -0.3 is 9.73 Å². The number of hydrogen-bond acceptors (Lipinski definition) is 4. The summed E-state index contributed by atoms with van der Waals surface area (Å²) in [6, 6.07) is 1.96. The first-order valence-electron chi connectivity index (χ1n) is 7.72. The SMILES string of the molecule is Cc1occc1C(=O)NCCn1ncc2c1c(C)nn2C(C)C. The highest BCUT2D eigenvalue weighted by Gasteiger charge is 2.15. The lowest BCUT2D eigenvalue weighted by Crippen LogP contribution is -2.27. The number of aromatic nitrogens is 4. The molecule has 23 heavy (non-hydrogen) atoms. The van der Waals surface area contributed by atoms with Crippen LogP contribution in [0.5, 0.6) is 0 Å². The third-order valence-corrected chi connectivity index (χ3v) is 3.87. The molecule has 0 fully saturated rings. The summed E-state index contributed by atoms with van der Waals surface area (Å²) in [6.45, 7) is 9.03. The first-order valence-corrected chi connectivity index (χ1v) is 7.72. The Labute approximate surface area is 134 Å². The minimum atomic E-state index is -0.130. The molecular weight excluding hydrogens is 294 g/mol. The van der Waals surface area contributed by atoms with Gasteiger partial charge in [0.2, 0.25) is 0 Å². The van der Waals surface area contributed by atoms with E-state index in [4.69, 9.17) is 4.42 Å². The second-order valence-corrected chi connectivity index (χ2v) is 5.87. The van der Waals surface area contributed by atoms with E-state index in [0.29, 0.717) is 24.4 Å². The molecule has 1 amide bonds. The van der Waals surface area contributed by atoms with Crippen molar-refractivity contribution in [1.29, 1.82) is 0 Å². The minimum absolute atomic E-state index is 0.130. The third-order valence-electron chi connectivity index (χ3n) is 3.87. The van der Waals surface area contributed by atoms with Gasteiger partial charge in [-0.25, -0.2) is 0 Å². The van der Waals surface area contributed by atoms with Gasteiger partial charge in [-0.15, -0.1) is 0 Å². The second kappa shape index (κ2) is 5.91. The number of nitrogens with zero attached hydrogens (tertiary/aromatic N) is 4. The number of nitrogens with one attached hydrogen (secondary N) is 1. The van der Waals surface area contributed by atoms with Crippen LogP contribution in [-0.4, -0.2) is 32.0 Å². The molecular formula is C16H21N5O2. The van der Waals surface area contributed by atoms with Gasteiger partial charge in [-0.05, 0) is 33.8 Å². The number of hydrogen-bond donors (Lipinski definition) is 1. The van der Waals surface area contributed by atoms with Crippen LogP contribution in [0.4, 0.5) is 0 Å². The largest absolute Gasteiger partial charge is 0.469 e. The van der Waals surface area contributed by atoms with Crippen LogP contribution in [0.25, 0.3) is 11.0 Å². The molecule has 0 radical (unpaired) electrons. The number of carbonyl (C=O) groups is 1. The summed E-state index contributed by atoms with van der Waals surface area (Å²) in [4.78, 5) is 12.1. The number of rotatable bonds is 5. The average Bonchev–Trinajstić information content (AvgIpc) is 3.17. The monoisotopic (exact) mass is 315 g/mol. The van der Waals surface area contributed by atoms with Crippen molar-refractivity contribution < 1.29 is 9.21 Å². The molecule has 3 aromatic rings. The summed E-state index contributed by atoms with van der Waals surface area (Å²) in [6.07, 6.45) is 3.35. The van der Waals surface area contributed by atoms with Crippen molar-refractivity contribution in [2.24, 2.45) is 0 Å². The fourth-order valence-electron chi connectivity index (χ4n) is 2.73. The molecule has 0 atom stereocenters. The van der Waals surface area contributed by atoms with Crippen LogP contribution in [-0.2, 0) is 6.54 Å². The van der Waals surface area contributed by atoms with Crippen LogP contribution in [0.3, 0.4) is 0 Å². The second-order valence-electron chi connectivity index (χ2n) is 5.87. The lowest BCUT2D eigenvalue weighted by molar-refractivity contribution is 0.0950. The summed E-state index contributed by atoms with van der Waals surface area (Å²) in [5.74, 6) is 0.493. The highest BCUT2D eigenvalue weighted by atomic mass is 16.3. The van der Waals surface area contributed by atoms with E-state index in [2.05, 4.69) is 29.4 Å². The molecule has 122 valence electrons. The molecule has 3 aromatic heterocycles. The predicted molar refractivity (Wildman–Crippen MR) is 86.4 cm³/mol. The first kappa shape index (κ1) is 15.3. The molecule has 0 aromatic carbocycles. The molecule has 0 unspecified atom stereocenters. The van der Waals surface area contributed by atoms with Gasteiger partial charge in [-0.3, -0.25) is 14.2 Å². The highest BCUT2D eigenvalue weighted by Crippen LogP contribution is 2.20. The zero-order valence-electron chi connectivity index (χ0n) is 13.8. The number of amides is 1. The zero-order chi connectivity index (χ0) is 16.6. The molecule has 0 bridgehead atoms. The van der Waals surface area contributed by atoms with Crippen molar-refractivity contribution in [2.75, 3.05) is 6.54 Å². The van der Waals surface area contributed by atoms with E-state index in [-0.39, 0.29) is 11.9 Å². The predicted octanol–water partition coefficient (Wildman–Crippen LogP) is 2.45. The lowest BCUT2D eigenvalue weighted by atomic mass is 10.2. The summed E-state index contributed by atoms with van der Waals surface area (Å²) in [5, 5.41) is 11.9. The van der Waals surface area contributed by atoms with Crippen molar-refractivity contribution >= 4 is 16.9 Å². The van der Waals surface area contributed by atoms with Gasteiger partial charge in [0.25, 0.3) is 5.91 Å². The molecule has 3 rings (SSSR count). The minimum Gasteiger partial charge on any atom is -0.469 e. The van der Waals surface area contributed by atoms with Gasteiger partial charge in [0.05, 0.1) is 30.3 Å². The molecule has 0 saturated heterocycles. The van der Waals surface area contributed by atoms with E-state index in [1.807, 2.05) is 22.5 Å². The fraction of sp³-hybridized carbons (Fsp3) is 0.438. The van der Waals surface area contributed by atoms with E-state index < -0.39 is 0 Å². The Hall–Kier alpha value is -2.57. The van der Waals surface area contributed by atoms with Crippen LogP contribution in [0.1, 0.15) is 41.7 Å². The van der Waals surface area contributed by atoms with Gasteiger partial charge >= 0.3 is 0 Å². The number of furan rings is 1. The van der Waals surface area contributed by atoms with Gasteiger partial charge in [0, 0.05) is 12.6 Å². The normalized spacial score (nSPS) is 11.5. The number of carbonyl (C=O) groups excluding carboxylic acids is 1. The summed E-state index contributed by atoms with van der Waals surface area (Å²) in [5.41, 5.74) is 3.56. The Morgan fingerprint density at radius 2 is 2.17 bits per heavy atom. The number of aryl methyl sites for hydroxylation is 2. The fourth-order valence-corrected chi connectivity index (χ4v) is 2.73. The quantitative estimate of drug-likeness (QED) is 0.784. The van der Waals surface area contributed by atoms with Crippen LogP contribution in [0.2, 0.25) is 0 Å². The van der Waals surface area contributed by atoms with Crippen LogP contribution >= 0.6 is 0 Å². The maximum Gasteiger partial charge on any atom is 0.254 e. The van der Waals surface area contributed by atoms with Crippen LogP contribution in [0, 0.1) is 13.8 Å². The molecule has 1 N–H and O–H groups in total. The molecule has 0 aliphatic rings. The van der Waals surface area contributed by atoms with E-state index >= 15 is 0 Å². The van der Waals surface area contributed by atoms with E-state index in [1.165, 1.54) is 6.26 Å². The summed E-state index contributed by atoms with van der Waals surface area (Å²) in [7, 11) is 0. The molecule has 7 heteroatoms. The van der Waals surface area contributed by atoms with Gasteiger partial charge in [0.15, 0.2) is 0 Å². The van der Waals surface area contributed by atoms with Crippen molar-refractivity contribution in [1.82, 2.24) is 24.9 Å². The van der Waals surface area contributed by atoms with Gasteiger partial charge in [-0.2, -0.15) is 10.2 Å². The van der Waals surface area contributed by atoms with Crippen molar-refractivity contribution in [3.8, 4) is 0 Å². The smallest absolute Gasteiger partial charge is 0.254 e. The van der Waals surface area contributed by atoms with E-state index in [1.54, 1.807) is 13.0 Å². The molecule has 3 heterocycles. The summed E-state index contributed by atoms with van der Waals surface area (Å²) >= 11 is 0. The standard InChI is InChI=1S/C16H21N5O2/c1-10(2)21-14-9-18-20(15(14)11(3)19-21)7-6-17-16(22)13-5-8-23-12(13)4/h5,8-10H,6-7H2,1-4H3,(H,17,22). The molecule has 0 aliphatic heterocycles. The molecule has 7 nitrogen and oxygen atoms in total. The Bertz CT molecular complexity index is 840. The Morgan fingerprint density at radius 1 is 1.39 bits per heavy atom. The van der Waals surface area contributed by atoms with Crippen LogP contribution < -0.4 is 5.32 Å². The highest BCUT2D eigenvalue weighted by molar-refractivity contribution is 5.95. The topological polar surface area (TPSA) is 77.9 Å². The van der Waals surface area contributed by atoms with Crippen molar-refractivity contribution in [3.63, 3.8) is 0 Å². The molecule has 0 aliphatic carbocycles. The Kier molecular flexibility index (Phi) is 3.94. The van der Waals surface area contributed by atoms with Crippen molar-refractivity contribution in [2.45, 2.75) is 40.3 Å². The maximum atomic E-state index is 12.1. The average molecular weight is 315 g/mol. The first-order chi connectivity index (χ1) is 11.0. The van der Waals surface area contributed by atoms with Crippen molar-refractivity contribution in [3.05, 3.63) is 35.5 Å². The lowest BCUT2D eigenvalue weighted by Gasteiger charge is -2.05. The van der Waals surface area contributed by atoms with Gasteiger partial charge in [0.1, 0.15) is 16.8 Å². The molecule has 0 spiro atoms. The summed E-state index contributed by atoms with van der Waals surface area (Å²) < 4.78 is 9.01. The Morgan fingerprint density at radius 3 is 2.83 bits per heavy atom.